The molecule has 17 heavy (non-hydrogen) atoms. The highest BCUT2D eigenvalue weighted by atomic mass is 16.4. The van der Waals surface area contributed by atoms with Crippen LogP contribution in [-0.4, -0.2) is 34.3 Å². The van der Waals surface area contributed by atoms with E-state index < -0.39 is 5.97 Å². The van der Waals surface area contributed by atoms with Crippen molar-refractivity contribution < 1.29 is 19.5 Å². The number of rotatable bonds is 4. The number of amides is 2. The number of hydrogen-bond acceptors (Lipinski definition) is 3. The van der Waals surface area contributed by atoms with Crippen LogP contribution in [0.2, 0.25) is 0 Å². The summed E-state index contributed by atoms with van der Waals surface area (Å²) in [5.74, 6) is -1.60. The predicted octanol–water partition coefficient (Wildman–Crippen LogP) is 1.15. The Morgan fingerprint density at radius 3 is 2.12 bits per heavy atom. The molecule has 1 aliphatic rings. The normalized spacial score (nSPS) is 14.0. The summed E-state index contributed by atoms with van der Waals surface area (Å²) >= 11 is 0. The third-order valence-corrected chi connectivity index (χ3v) is 2.65. The fourth-order valence-electron chi connectivity index (χ4n) is 1.83. The molecule has 5 nitrogen and oxygen atoms in total. The number of aliphatic carboxylic acids is 1. The van der Waals surface area contributed by atoms with Crippen LogP contribution in [0.4, 0.5) is 0 Å². The zero-order chi connectivity index (χ0) is 12.4. The molecule has 5 heteroatoms. The number of benzene rings is 1. The van der Waals surface area contributed by atoms with Crippen LogP contribution in [0, 0.1) is 0 Å². The fourth-order valence-corrected chi connectivity index (χ4v) is 1.83. The molecule has 0 saturated heterocycles. The van der Waals surface area contributed by atoms with Gasteiger partial charge in [-0.2, -0.15) is 0 Å². The molecule has 1 aliphatic heterocycles. The zero-order valence-electron chi connectivity index (χ0n) is 9.05. The molecule has 2 amide bonds. The number of hydrogen-bond donors (Lipinski definition) is 1. The SMILES string of the molecule is O=C(O)CCCN1C(=O)c2ccccc2C1=O. The summed E-state index contributed by atoms with van der Waals surface area (Å²) in [4.78, 5) is 35.2. The fraction of sp³-hybridized carbons (Fsp3) is 0.250. The first-order valence-corrected chi connectivity index (χ1v) is 5.28. The van der Waals surface area contributed by atoms with Gasteiger partial charge in [0.2, 0.25) is 0 Å². The number of carboxylic acid groups (broad SMARTS) is 1. The van der Waals surface area contributed by atoms with Gasteiger partial charge in [0.1, 0.15) is 0 Å². The molecule has 1 aromatic carbocycles. The molecule has 0 aromatic heterocycles. The smallest absolute Gasteiger partial charge is 0.303 e. The van der Waals surface area contributed by atoms with Crippen molar-refractivity contribution in [2.45, 2.75) is 12.8 Å². The van der Waals surface area contributed by atoms with Crippen molar-refractivity contribution in [1.82, 2.24) is 4.90 Å². The minimum atomic E-state index is -0.929. The van der Waals surface area contributed by atoms with Crippen molar-refractivity contribution in [1.29, 1.82) is 0 Å². The van der Waals surface area contributed by atoms with Gasteiger partial charge in [-0.1, -0.05) is 12.1 Å². The first kappa shape index (κ1) is 11.3. The molecule has 2 rings (SSSR count). The maximum atomic E-state index is 11.8. The summed E-state index contributed by atoms with van der Waals surface area (Å²) in [6.45, 7) is 0.151. The number of carboxylic acids is 1. The van der Waals surface area contributed by atoms with Gasteiger partial charge in [-0.05, 0) is 18.6 Å². The Balaban J connectivity index is 2.11. The summed E-state index contributed by atoms with van der Waals surface area (Å²) in [7, 11) is 0. The van der Waals surface area contributed by atoms with Gasteiger partial charge < -0.3 is 5.11 Å². The molecule has 88 valence electrons. The lowest BCUT2D eigenvalue weighted by atomic mass is 10.1. The maximum absolute atomic E-state index is 11.8. The van der Waals surface area contributed by atoms with Gasteiger partial charge in [0, 0.05) is 13.0 Å². The molecule has 0 aliphatic carbocycles. The topological polar surface area (TPSA) is 74.7 Å². The molecular formula is C12H11NO4. The minimum Gasteiger partial charge on any atom is -0.481 e. The number of imide groups is 1. The van der Waals surface area contributed by atoms with E-state index in [1.54, 1.807) is 24.3 Å². The van der Waals surface area contributed by atoms with E-state index in [0.717, 1.165) is 4.90 Å². The predicted molar refractivity (Wildman–Crippen MR) is 58.7 cm³/mol. The van der Waals surface area contributed by atoms with E-state index in [1.807, 2.05) is 0 Å². The van der Waals surface area contributed by atoms with E-state index in [1.165, 1.54) is 0 Å². The van der Waals surface area contributed by atoms with Gasteiger partial charge in [0.05, 0.1) is 11.1 Å². The van der Waals surface area contributed by atoms with Crippen LogP contribution in [0.25, 0.3) is 0 Å². The van der Waals surface area contributed by atoms with Gasteiger partial charge in [0.25, 0.3) is 11.8 Å². The molecule has 0 atom stereocenters. The lowest BCUT2D eigenvalue weighted by Gasteiger charge is -2.12. The van der Waals surface area contributed by atoms with Gasteiger partial charge in [-0.3, -0.25) is 19.3 Å². The summed E-state index contributed by atoms with van der Waals surface area (Å²) in [6.07, 6.45) is 0.230. The Morgan fingerprint density at radius 2 is 1.65 bits per heavy atom. The van der Waals surface area contributed by atoms with E-state index in [0.29, 0.717) is 11.1 Å². The van der Waals surface area contributed by atoms with Crippen molar-refractivity contribution in [3.05, 3.63) is 35.4 Å². The molecule has 1 heterocycles. The van der Waals surface area contributed by atoms with Crippen molar-refractivity contribution >= 4 is 17.8 Å². The van der Waals surface area contributed by atoms with Gasteiger partial charge in [0.15, 0.2) is 0 Å². The van der Waals surface area contributed by atoms with Crippen molar-refractivity contribution in [2.24, 2.45) is 0 Å². The van der Waals surface area contributed by atoms with Crippen molar-refractivity contribution in [3.8, 4) is 0 Å². The lowest BCUT2D eigenvalue weighted by molar-refractivity contribution is -0.137. The summed E-state index contributed by atoms with van der Waals surface area (Å²) < 4.78 is 0. The van der Waals surface area contributed by atoms with Crippen molar-refractivity contribution in [2.75, 3.05) is 6.54 Å². The second-order valence-corrected chi connectivity index (χ2v) is 3.80. The average molecular weight is 233 g/mol. The quantitative estimate of drug-likeness (QED) is 0.791. The molecule has 0 bridgehead atoms. The van der Waals surface area contributed by atoms with Crippen LogP contribution < -0.4 is 0 Å². The summed E-state index contributed by atoms with van der Waals surface area (Å²) in [5, 5.41) is 8.50. The van der Waals surface area contributed by atoms with E-state index in [4.69, 9.17) is 5.11 Å². The van der Waals surface area contributed by atoms with E-state index in [-0.39, 0.29) is 31.2 Å². The molecule has 0 fully saturated rings. The summed E-state index contributed by atoms with van der Waals surface area (Å²) in [5.41, 5.74) is 0.792. The second-order valence-electron chi connectivity index (χ2n) is 3.80. The zero-order valence-corrected chi connectivity index (χ0v) is 9.05. The number of carbonyl (C=O) groups is 3. The van der Waals surface area contributed by atoms with Gasteiger partial charge in [-0.15, -0.1) is 0 Å². The van der Waals surface area contributed by atoms with Crippen LogP contribution in [0.3, 0.4) is 0 Å². The van der Waals surface area contributed by atoms with Crippen LogP contribution in [0.15, 0.2) is 24.3 Å². The maximum Gasteiger partial charge on any atom is 0.303 e. The van der Waals surface area contributed by atoms with Gasteiger partial charge >= 0.3 is 5.97 Å². The number of fused-ring (bicyclic) bond motifs is 1. The molecule has 1 N–H and O–H groups in total. The molecule has 0 spiro atoms. The minimum absolute atomic E-state index is 0.0482. The highest BCUT2D eigenvalue weighted by Crippen LogP contribution is 2.22. The molecule has 1 aromatic rings. The molecule has 0 unspecified atom stereocenters. The average Bonchev–Trinajstić information content (AvgIpc) is 2.54. The van der Waals surface area contributed by atoms with Crippen LogP contribution >= 0.6 is 0 Å². The highest BCUT2D eigenvalue weighted by molar-refractivity contribution is 6.21. The van der Waals surface area contributed by atoms with E-state index in [2.05, 4.69) is 0 Å². The second kappa shape index (κ2) is 4.37. The van der Waals surface area contributed by atoms with Crippen LogP contribution in [0.5, 0.6) is 0 Å². The first-order valence-electron chi connectivity index (χ1n) is 5.28. The highest BCUT2D eigenvalue weighted by Gasteiger charge is 2.34. The number of carbonyl (C=O) groups excluding carboxylic acids is 2. The largest absolute Gasteiger partial charge is 0.481 e. The molecule has 0 radical (unpaired) electrons. The molecule has 0 saturated carbocycles. The van der Waals surface area contributed by atoms with E-state index in [9.17, 15) is 14.4 Å². The monoisotopic (exact) mass is 233 g/mol. The Kier molecular flexibility index (Phi) is 2.91. The van der Waals surface area contributed by atoms with Crippen LogP contribution in [0.1, 0.15) is 33.6 Å². The first-order chi connectivity index (χ1) is 8.11. The lowest BCUT2D eigenvalue weighted by Crippen LogP contribution is -2.31. The van der Waals surface area contributed by atoms with Crippen LogP contribution in [-0.2, 0) is 4.79 Å². The van der Waals surface area contributed by atoms with Crippen molar-refractivity contribution in [3.63, 3.8) is 0 Å². The Labute approximate surface area is 97.7 Å². The number of nitrogens with zero attached hydrogens (tertiary/aromatic N) is 1. The van der Waals surface area contributed by atoms with Gasteiger partial charge in [-0.25, -0.2) is 0 Å². The Morgan fingerprint density at radius 1 is 1.12 bits per heavy atom. The standard InChI is InChI=1S/C12H11NO4/c14-10(15)6-3-7-13-11(16)8-4-1-2-5-9(8)12(13)17/h1-2,4-5H,3,6-7H2,(H,14,15). The third-order valence-electron chi connectivity index (χ3n) is 2.65. The summed E-state index contributed by atoms with van der Waals surface area (Å²) in [6, 6.07) is 6.61. The molecular weight excluding hydrogens is 222 g/mol. The van der Waals surface area contributed by atoms with E-state index >= 15 is 0 Å². The Hall–Kier alpha value is -2.17. The Bertz CT molecular complexity index is 460. The third kappa shape index (κ3) is 2.04.